The predicted molar refractivity (Wildman–Crippen MR) is 133 cm³/mol. The summed E-state index contributed by atoms with van der Waals surface area (Å²) >= 11 is 12.4. The third-order valence-corrected chi connectivity index (χ3v) is 6.92. The average Bonchev–Trinajstić information content (AvgIpc) is 2.79. The Bertz CT molecular complexity index is 1330. The lowest BCUT2D eigenvalue weighted by molar-refractivity contribution is 0.389. The first-order valence-corrected chi connectivity index (χ1v) is 11.8. The van der Waals surface area contributed by atoms with Crippen LogP contribution in [0.15, 0.2) is 70.9 Å². The lowest BCUT2D eigenvalue weighted by Gasteiger charge is -2.23. The van der Waals surface area contributed by atoms with Gasteiger partial charge in [-0.1, -0.05) is 23.2 Å². The smallest absolute Gasteiger partial charge is 0.0685 e. The molecule has 32 heavy (non-hydrogen) atoms. The monoisotopic (exact) mass is 464 g/mol. The third kappa shape index (κ3) is 4.22. The summed E-state index contributed by atoms with van der Waals surface area (Å²) in [6.07, 6.45) is 8.32. The summed E-state index contributed by atoms with van der Waals surface area (Å²) in [6, 6.07) is 16.9. The first kappa shape index (κ1) is 21.3. The second kappa shape index (κ2) is 8.76. The van der Waals surface area contributed by atoms with E-state index in [1.165, 1.54) is 0 Å². The first-order valence-electron chi connectivity index (χ1n) is 11.1. The van der Waals surface area contributed by atoms with Gasteiger partial charge in [-0.3, -0.25) is 9.98 Å². The molecule has 4 aromatic rings. The summed E-state index contributed by atoms with van der Waals surface area (Å²) < 4.78 is 4.18. The Balaban J connectivity index is 1.40. The van der Waals surface area contributed by atoms with Crippen molar-refractivity contribution in [1.29, 1.82) is 0 Å². The first-order chi connectivity index (χ1) is 15.5. The van der Waals surface area contributed by atoms with Crippen LogP contribution in [0.25, 0.3) is 21.8 Å². The molecule has 0 N–H and O–H groups in total. The van der Waals surface area contributed by atoms with Gasteiger partial charge in [0.2, 0.25) is 0 Å². The van der Waals surface area contributed by atoms with Crippen molar-refractivity contribution in [3.05, 3.63) is 81.7 Å². The fourth-order valence-corrected chi connectivity index (χ4v) is 5.00. The van der Waals surface area contributed by atoms with Crippen LogP contribution >= 0.6 is 23.2 Å². The Morgan fingerprint density at radius 1 is 0.656 bits per heavy atom. The summed E-state index contributed by atoms with van der Waals surface area (Å²) in [7, 11) is 4.08. The largest absolute Gasteiger partial charge is 0.350 e. The number of hydrogen-bond acceptors (Lipinski definition) is 2. The number of aryl methyl sites for hydroxylation is 2. The van der Waals surface area contributed by atoms with E-state index in [1.807, 2.05) is 38.4 Å². The highest BCUT2D eigenvalue weighted by atomic mass is 35.5. The molecule has 6 heteroatoms. The predicted octanol–water partition coefficient (Wildman–Crippen LogP) is 5.79. The number of nitrogens with zero attached hydrogens (tertiary/aromatic N) is 4. The van der Waals surface area contributed by atoms with Gasteiger partial charge < -0.3 is 9.13 Å². The van der Waals surface area contributed by atoms with Crippen molar-refractivity contribution in [3.8, 4) is 0 Å². The summed E-state index contributed by atoms with van der Waals surface area (Å²) in [5.74, 6) is 0. The van der Waals surface area contributed by atoms with E-state index in [1.54, 1.807) is 0 Å². The van der Waals surface area contributed by atoms with Crippen LogP contribution in [-0.2, 0) is 14.1 Å². The van der Waals surface area contributed by atoms with Gasteiger partial charge in [0.25, 0.3) is 0 Å². The summed E-state index contributed by atoms with van der Waals surface area (Å²) in [5.41, 5.74) is 2.21. The van der Waals surface area contributed by atoms with Gasteiger partial charge in [0.15, 0.2) is 0 Å². The highest BCUT2D eigenvalue weighted by Crippen LogP contribution is 2.24. The molecule has 0 atom stereocenters. The van der Waals surface area contributed by atoms with E-state index in [4.69, 9.17) is 33.2 Å². The normalized spacial score (nSPS) is 20.4. The fourth-order valence-electron chi connectivity index (χ4n) is 4.67. The van der Waals surface area contributed by atoms with E-state index in [0.29, 0.717) is 12.1 Å². The van der Waals surface area contributed by atoms with Crippen molar-refractivity contribution in [3.63, 3.8) is 0 Å². The molecule has 2 aromatic heterocycles. The van der Waals surface area contributed by atoms with E-state index < -0.39 is 0 Å². The second-order valence-corrected chi connectivity index (χ2v) is 9.54. The van der Waals surface area contributed by atoms with Gasteiger partial charge in [-0.15, -0.1) is 0 Å². The molecular weight excluding hydrogens is 439 g/mol. The molecule has 1 aliphatic carbocycles. The number of pyridine rings is 2. The van der Waals surface area contributed by atoms with Crippen LogP contribution in [0.5, 0.6) is 0 Å². The molecule has 0 saturated heterocycles. The van der Waals surface area contributed by atoms with Crippen LogP contribution in [0.4, 0.5) is 0 Å². The molecule has 4 nitrogen and oxygen atoms in total. The Labute approximate surface area is 197 Å². The maximum Gasteiger partial charge on any atom is 0.0685 e. The van der Waals surface area contributed by atoms with Gasteiger partial charge in [0.1, 0.15) is 0 Å². The van der Waals surface area contributed by atoms with E-state index in [2.05, 4.69) is 45.8 Å². The topological polar surface area (TPSA) is 34.6 Å². The molecule has 0 aliphatic heterocycles. The van der Waals surface area contributed by atoms with Crippen LogP contribution in [0.3, 0.4) is 0 Å². The highest BCUT2D eigenvalue weighted by molar-refractivity contribution is 6.31. The molecule has 2 heterocycles. The SMILES string of the molecule is Cn1cc/c(=N\[C@H]2CC[C@@H](/N=c3\ccn(C)c4cc(Cl)ccc34)CC2)c2ccc(Cl)cc21. The number of fused-ring (bicyclic) bond motifs is 2. The van der Waals surface area contributed by atoms with Gasteiger partial charge in [-0.2, -0.15) is 0 Å². The zero-order valence-corrected chi connectivity index (χ0v) is 19.8. The molecule has 1 saturated carbocycles. The maximum absolute atomic E-state index is 6.21. The Kier molecular flexibility index (Phi) is 5.83. The summed E-state index contributed by atoms with van der Waals surface area (Å²) in [4.78, 5) is 10.2. The van der Waals surface area contributed by atoms with Crippen LogP contribution in [0.2, 0.25) is 10.0 Å². The van der Waals surface area contributed by atoms with Crippen LogP contribution in [-0.4, -0.2) is 21.2 Å². The Morgan fingerprint density at radius 2 is 1.06 bits per heavy atom. The van der Waals surface area contributed by atoms with E-state index in [9.17, 15) is 0 Å². The Morgan fingerprint density at radius 3 is 1.47 bits per heavy atom. The third-order valence-electron chi connectivity index (χ3n) is 6.45. The molecule has 0 radical (unpaired) electrons. The number of rotatable bonds is 2. The van der Waals surface area contributed by atoms with Crippen LogP contribution in [0, 0.1) is 0 Å². The van der Waals surface area contributed by atoms with Crippen LogP contribution in [0.1, 0.15) is 25.7 Å². The zero-order chi connectivity index (χ0) is 22.2. The van der Waals surface area contributed by atoms with Gasteiger partial charge in [-0.25, -0.2) is 0 Å². The van der Waals surface area contributed by atoms with Gasteiger partial charge in [-0.05, 0) is 74.2 Å². The minimum absolute atomic E-state index is 0.331. The van der Waals surface area contributed by atoms with Crippen molar-refractivity contribution < 1.29 is 0 Å². The highest BCUT2D eigenvalue weighted by Gasteiger charge is 2.20. The summed E-state index contributed by atoms with van der Waals surface area (Å²) in [6.45, 7) is 0. The summed E-state index contributed by atoms with van der Waals surface area (Å²) in [5, 5.41) is 5.89. The van der Waals surface area contributed by atoms with Crippen molar-refractivity contribution in [2.75, 3.05) is 0 Å². The Hall–Kier alpha value is -2.56. The average molecular weight is 465 g/mol. The van der Waals surface area contributed by atoms with E-state index in [-0.39, 0.29) is 0 Å². The van der Waals surface area contributed by atoms with Crippen molar-refractivity contribution in [2.24, 2.45) is 24.1 Å². The molecule has 1 fully saturated rings. The molecule has 0 bridgehead atoms. The van der Waals surface area contributed by atoms with Crippen LogP contribution < -0.4 is 10.7 Å². The van der Waals surface area contributed by atoms with Crippen molar-refractivity contribution in [1.82, 2.24) is 9.13 Å². The quantitative estimate of drug-likeness (QED) is 0.359. The zero-order valence-electron chi connectivity index (χ0n) is 18.3. The minimum atomic E-state index is 0.331. The molecule has 0 amide bonds. The molecule has 164 valence electrons. The van der Waals surface area contributed by atoms with Gasteiger partial charge >= 0.3 is 0 Å². The minimum Gasteiger partial charge on any atom is -0.350 e. The number of aromatic nitrogens is 2. The van der Waals surface area contributed by atoms with E-state index in [0.717, 1.165) is 68.2 Å². The molecule has 0 unspecified atom stereocenters. The lowest BCUT2D eigenvalue weighted by atomic mass is 9.92. The number of halogens is 2. The standard InChI is InChI=1S/C26H26Cl2N4/c1-31-13-11-23(21-9-3-17(27)15-25(21)31)29-19-5-7-20(8-6-19)30-24-12-14-32(2)26-16-18(28)4-10-22(24)26/h3-4,9-16,19-20H,5-8H2,1-2H3/b29-23+,30-24+/t19-,20+. The van der Waals surface area contributed by atoms with E-state index >= 15 is 0 Å². The molecule has 1 aliphatic rings. The van der Waals surface area contributed by atoms with Crippen molar-refractivity contribution in [2.45, 2.75) is 37.8 Å². The molecule has 0 spiro atoms. The number of hydrogen-bond donors (Lipinski definition) is 0. The van der Waals surface area contributed by atoms with Crippen molar-refractivity contribution >= 4 is 45.0 Å². The lowest BCUT2D eigenvalue weighted by Crippen LogP contribution is -2.24. The van der Waals surface area contributed by atoms with Gasteiger partial charge in [0, 0.05) is 47.3 Å². The fraction of sp³-hybridized carbons (Fsp3) is 0.308. The maximum atomic E-state index is 6.21. The second-order valence-electron chi connectivity index (χ2n) is 8.67. The van der Waals surface area contributed by atoms with Gasteiger partial charge in [0.05, 0.1) is 33.8 Å². The molecule has 2 aromatic carbocycles. The molecular formula is C26H26Cl2N4. The number of benzene rings is 2. The molecule has 5 rings (SSSR count).